The normalized spacial score (nSPS) is 19.0. The number of H-pyrrole nitrogens is 1. The van der Waals surface area contributed by atoms with E-state index in [0.29, 0.717) is 41.5 Å². The maximum absolute atomic E-state index is 14.3. The highest BCUT2D eigenvalue weighted by molar-refractivity contribution is 5.88. The summed E-state index contributed by atoms with van der Waals surface area (Å²) in [4.78, 5) is 23.6. The molecule has 1 aliphatic carbocycles. The van der Waals surface area contributed by atoms with Crippen LogP contribution in [0.25, 0.3) is 22.6 Å². The molecule has 1 aliphatic rings. The summed E-state index contributed by atoms with van der Waals surface area (Å²) in [7, 11) is 1.40. The topological polar surface area (TPSA) is 106 Å². The van der Waals surface area contributed by atoms with E-state index < -0.39 is 11.6 Å². The molecule has 2 N–H and O–H groups in total. The fourth-order valence-corrected chi connectivity index (χ4v) is 3.86. The minimum atomic E-state index is -0.564. The van der Waals surface area contributed by atoms with Crippen LogP contribution in [0.3, 0.4) is 0 Å². The summed E-state index contributed by atoms with van der Waals surface area (Å²) < 4.78 is 32.5. The predicted molar refractivity (Wildman–Crippen MR) is 105 cm³/mol. The van der Waals surface area contributed by atoms with Gasteiger partial charge in [-0.3, -0.25) is 9.89 Å². The Labute approximate surface area is 171 Å². The van der Waals surface area contributed by atoms with Crippen LogP contribution in [-0.4, -0.2) is 44.8 Å². The van der Waals surface area contributed by atoms with Crippen molar-refractivity contribution in [2.45, 2.75) is 32.1 Å². The van der Waals surface area contributed by atoms with E-state index in [9.17, 15) is 13.6 Å². The molecule has 0 radical (unpaired) electrons. The number of pyridine rings is 1. The molecule has 0 aromatic carbocycles. The molecular weight excluding hydrogens is 394 g/mol. The van der Waals surface area contributed by atoms with Crippen LogP contribution < -0.4 is 5.32 Å². The van der Waals surface area contributed by atoms with Crippen molar-refractivity contribution >= 4 is 22.8 Å². The number of carbonyl (C=O) groups is 1. The third kappa shape index (κ3) is 4.37. The number of ether oxygens (including phenoxy) is 1. The summed E-state index contributed by atoms with van der Waals surface area (Å²) in [5.74, 6) is -0.241. The van der Waals surface area contributed by atoms with Gasteiger partial charge < -0.3 is 10.1 Å². The van der Waals surface area contributed by atoms with E-state index in [1.807, 2.05) is 0 Å². The van der Waals surface area contributed by atoms with Gasteiger partial charge in [-0.05, 0) is 43.6 Å². The average molecular weight is 416 g/mol. The third-order valence-electron chi connectivity index (χ3n) is 5.55. The van der Waals surface area contributed by atoms with Gasteiger partial charge in [0.1, 0.15) is 11.5 Å². The Hall–Kier alpha value is -3.17. The molecular formula is C20H22F2N6O2. The SMILES string of the molecule is COC(=O)CC1CCC(CNc2nc(-c3[nH]nc4ncc(F)cc34)ncc2F)CC1. The molecule has 3 aromatic heterocycles. The molecule has 0 bridgehead atoms. The van der Waals surface area contributed by atoms with E-state index in [4.69, 9.17) is 4.74 Å². The molecule has 0 amide bonds. The molecule has 30 heavy (non-hydrogen) atoms. The molecule has 0 unspecified atom stereocenters. The number of methoxy groups -OCH3 is 1. The smallest absolute Gasteiger partial charge is 0.305 e. The standard InChI is InChI=1S/C20H22F2N6O2/c1-30-16(29)6-11-2-4-12(5-3-11)8-23-19-15(22)10-25-20(26-19)17-14-7-13(21)9-24-18(14)28-27-17/h7,9-12H,2-6,8H2,1H3,(H,23,25,26)(H,24,27,28). The van der Waals surface area contributed by atoms with Gasteiger partial charge in [0.05, 0.1) is 24.9 Å². The lowest BCUT2D eigenvalue weighted by molar-refractivity contribution is -0.142. The van der Waals surface area contributed by atoms with Crippen molar-refractivity contribution in [3.63, 3.8) is 0 Å². The summed E-state index contributed by atoms with van der Waals surface area (Å²) >= 11 is 0. The van der Waals surface area contributed by atoms with Crippen molar-refractivity contribution in [1.82, 2.24) is 25.1 Å². The van der Waals surface area contributed by atoms with Crippen molar-refractivity contribution in [3.05, 3.63) is 30.1 Å². The number of aromatic amines is 1. The first-order valence-electron chi connectivity index (χ1n) is 9.86. The second-order valence-corrected chi connectivity index (χ2v) is 7.56. The van der Waals surface area contributed by atoms with Gasteiger partial charge in [-0.1, -0.05) is 0 Å². The zero-order valence-corrected chi connectivity index (χ0v) is 16.5. The quantitative estimate of drug-likeness (QED) is 0.593. The molecule has 1 fully saturated rings. The largest absolute Gasteiger partial charge is 0.469 e. The number of rotatable bonds is 6. The van der Waals surface area contributed by atoms with E-state index in [1.165, 1.54) is 13.2 Å². The van der Waals surface area contributed by atoms with Crippen LogP contribution in [0.15, 0.2) is 18.5 Å². The van der Waals surface area contributed by atoms with Crippen molar-refractivity contribution in [3.8, 4) is 11.5 Å². The number of fused-ring (bicyclic) bond motifs is 1. The van der Waals surface area contributed by atoms with Crippen LogP contribution >= 0.6 is 0 Å². The first-order valence-corrected chi connectivity index (χ1v) is 9.86. The van der Waals surface area contributed by atoms with Crippen LogP contribution in [0.2, 0.25) is 0 Å². The molecule has 4 rings (SSSR count). The van der Waals surface area contributed by atoms with Crippen molar-refractivity contribution in [2.75, 3.05) is 19.0 Å². The molecule has 0 spiro atoms. The molecule has 158 valence electrons. The second kappa shape index (κ2) is 8.68. The van der Waals surface area contributed by atoms with Gasteiger partial charge in [0.15, 0.2) is 23.1 Å². The first-order chi connectivity index (χ1) is 14.5. The van der Waals surface area contributed by atoms with Gasteiger partial charge in [-0.2, -0.15) is 5.10 Å². The highest BCUT2D eigenvalue weighted by Gasteiger charge is 2.24. The van der Waals surface area contributed by atoms with Crippen LogP contribution in [0.1, 0.15) is 32.1 Å². The second-order valence-electron chi connectivity index (χ2n) is 7.56. The zero-order chi connectivity index (χ0) is 21.1. The van der Waals surface area contributed by atoms with Crippen LogP contribution in [-0.2, 0) is 9.53 Å². The summed E-state index contributed by atoms with van der Waals surface area (Å²) in [6.07, 6.45) is 6.39. The third-order valence-corrected chi connectivity index (χ3v) is 5.55. The van der Waals surface area contributed by atoms with Gasteiger partial charge in [-0.15, -0.1) is 0 Å². The Bertz CT molecular complexity index is 1050. The van der Waals surface area contributed by atoms with Gasteiger partial charge in [0, 0.05) is 13.0 Å². The Kier molecular flexibility index (Phi) is 5.82. The molecule has 1 saturated carbocycles. The summed E-state index contributed by atoms with van der Waals surface area (Å²) in [6, 6.07) is 1.29. The number of esters is 1. The molecule has 0 saturated heterocycles. The first kappa shape index (κ1) is 20.1. The molecule has 3 aromatic rings. The molecule has 0 aliphatic heterocycles. The van der Waals surface area contributed by atoms with Crippen molar-refractivity contribution in [1.29, 1.82) is 0 Å². The number of hydrogen-bond donors (Lipinski definition) is 2. The van der Waals surface area contributed by atoms with Gasteiger partial charge in [0.25, 0.3) is 0 Å². The number of hydrogen-bond acceptors (Lipinski definition) is 7. The predicted octanol–water partition coefficient (Wildman–Crippen LogP) is 3.47. The lowest BCUT2D eigenvalue weighted by Crippen LogP contribution is -2.23. The Morgan fingerprint density at radius 1 is 1.20 bits per heavy atom. The van der Waals surface area contributed by atoms with Gasteiger partial charge >= 0.3 is 5.97 Å². The number of carbonyl (C=O) groups excluding carboxylic acids is 1. The number of halogens is 2. The highest BCUT2D eigenvalue weighted by atomic mass is 19.1. The number of anilines is 1. The van der Waals surface area contributed by atoms with E-state index in [2.05, 4.69) is 30.5 Å². The fourth-order valence-electron chi connectivity index (χ4n) is 3.86. The average Bonchev–Trinajstić information content (AvgIpc) is 3.17. The molecule has 10 heteroatoms. The van der Waals surface area contributed by atoms with E-state index in [1.54, 1.807) is 0 Å². The summed E-state index contributed by atoms with van der Waals surface area (Å²) in [5, 5.41) is 10.3. The number of nitrogens with one attached hydrogen (secondary N) is 2. The minimum Gasteiger partial charge on any atom is -0.469 e. The van der Waals surface area contributed by atoms with E-state index in [0.717, 1.165) is 38.1 Å². The lowest BCUT2D eigenvalue weighted by Gasteiger charge is -2.28. The minimum absolute atomic E-state index is 0.0868. The Morgan fingerprint density at radius 3 is 2.73 bits per heavy atom. The van der Waals surface area contributed by atoms with Crippen molar-refractivity contribution in [2.24, 2.45) is 11.8 Å². The Balaban J connectivity index is 1.42. The Morgan fingerprint density at radius 2 is 1.97 bits per heavy atom. The number of nitrogens with zero attached hydrogens (tertiary/aromatic N) is 4. The van der Waals surface area contributed by atoms with Crippen molar-refractivity contribution < 1.29 is 18.3 Å². The molecule has 0 atom stereocenters. The van der Waals surface area contributed by atoms with Crippen LogP contribution in [0, 0.1) is 23.5 Å². The van der Waals surface area contributed by atoms with E-state index >= 15 is 0 Å². The molecule has 8 nitrogen and oxygen atoms in total. The summed E-state index contributed by atoms with van der Waals surface area (Å²) in [6.45, 7) is 0.568. The monoisotopic (exact) mass is 416 g/mol. The fraction of sp³-hybridized carbons (Fsp3) is 0.450. The summed E-state index contributed by atoms with van der Waals surface area (Å²) in [5.41, 5.74) is 0.709. The van der Waals surface area contributed by atoms with Crippen LogP contribution in [0.5, 0.6) is 0 Å². The lowest BCUT2D eigenvalue weighted by atomic mass is 9.80. The zero-order valence-electron chi connectivity index (χ0n) is 16.5. The van der Waals surface area contributed by atoms with Gasteiger partial charge in [0.2, 0.25) is 0 Å². The molecule has 3 heterocycles. The highest BCUT2D eigenvalue weighted by Crippen LogP contribution is 2.31. The number of aromatic nitrogens is 5. The maximum atomic E-state index is 14.3. The van der Waals surface area contributed by atoms with Gasteiger partial charge in [-0.25, -0.2) is 23.7 Å². The van der Waals surface area contributed by atoms with E-state index in [-0.39, 0.29) is 17.6 Å². The maximum Gasteiger partial charge on any atom is 0.305 e. The van der Waals surface area contributed by atoms with Crippen LogP contribution in [0.4, 0.5) is 14.6 Å².